The normalized spacial score (nSPS) is 18.3. The van der Waals surface area contributed by atoms with Crippen molar-refractivity contribution in [1.82, 2.24) is 0 Å². The van der Waals surface area contributed by atoms with E-state index in [1.54, 1.807) is 6.07 Å². The lowest BCUT2D eigenvalue weighted by Crippen LogP contribution is -2.33. The largest absolute Gasteiger partial charge is 0.573 e. The molecule has 4 rings (SSSR count). The van der Waals surface area contributed by atoms with Crippen molar-refractivity contribution in [3.8, 4) is 16.9 Å². The molecule has 0 aliphatic heterocycles. The lowest BCUT2D eigenvalue weighted by Gasteiger charge is -2.34. The number of halogens is 8. The minimum atomic E-state index is -5.09. The van der Waals surface area contributed by atoms with Crippen LogP contribution in [0.1, 0.15) is 61.6 Å². The van der Waals surface area contributed by atoms with Gasteiger partial charge in [-0.15, -0.1) is 13.2 Å². The van der Waals surface area contributed by atoms with Gasteiger partial charge in [0.15, 0.2) is 11.6 Å². The lowest BCUT2D eigenvalue weighted by molar-refractivity contribution is -0.275. The highest BCUT2D eigenvalue weighted by molar-refractivity contribution is 5.65. The fourth-order valence-electron chi connectivity index (χ4n) is 5.37. The molecule has 1 fully saturated rings. The first kappa shape index (κ1) is 28.9. The molecule has 3 aromatic rings. The van der Waals surface area contributed by atoms with Crippen molar-refractivity contribution in [2.45, 2.75) is 70.1 Å². The summed E-state index contributed by atoms with van der Waals surface area (Å²) >= 11 is 0. The fourth-order valence-corrected chi connectivity index (χ4v) is 5.37. The van der Waals surface area contributed by atoms with Gasteiger partial charge in [-0.2, -0.15) is 0 Å². The van der Waals surface area contributed by atoms with E-state index in [9.17, 15) is 26.3 Å². The standard InChI is InChI=1S/C30H28F8O/c1-2-3-18-4-11-23(25(31)14-18)20-6-9-22(10-7-20)29(34,35)17-19-5-12-24(26(32)15-19)21-8-13-28(27(33)16-21)39-30(36,37)38/h4-5,8,11-16,20,22H,2-3,6-7,9-10,17H2,1H3. The van der Waals surface area contributed by atoms with Crippen molar-refractivity contribution >= 4 is 0 Å². The van der Waals surface area contributed by atoms with Gasteiger partial charge in [0.05, 0.1) is 0 Å². The summed E-state index contributed by atoms with van der Waals surface area (Å²) in [6.07, 6.45) is -2.84. The number of ether oxygens (including phenoxy) is 1. The third kappa shape index (κ3) is 7.11. The Kier molecular flexibility index (Phi) is 8.57. The van der Waals surface area contributed by atoms with E-state index >= 15 is 8.78 Å². The molecule has 0 N–H and O–H groups in total. The van der Waals surface area contributed by atoms with E-state index < -0.39 is 42.0 Å². The van der Waals surface area contributed by atoms with E-state index in [1.165, 1.54) is 18.2 Å². The molecule has 0 heterocycles. The third-order valence-corrected chi connectivity index (χ3v) is 7.31. The Labute approximate surface area is 221 Å². The summed E-state index contributed by atoms with van der Waals surface area (Å²) in [5, 5.41) is 0. The van der Waals surface area contributed by atoms with Crippen LogP contribution >= 0.6 is 0 Å². The molecule has 9 heteroatoms. The van der Waals surface area contributed by atoms with Crippen LogP contribution < -0.4 is 4.74 Å². The highest BCUT2D eigenvalue weighted by Gasteiger charge is 2.42. The SMILES string of the molecule is CCCc1ccc(C2CCC(C(F)(F)Cc3ccc(-c4ccc(OC(F)(F)F)c(F)c4)c(F)c3)CC2)c(F)c1. The molecule has 3 aromatic carbocycles. The summed E-state index contributed by atoms with van der Waals surface area (Å²) in [6.45, 7) is 2.01. The summed E-state index contributed by atoms with van der Waals surface area (Å²) in [4.78, 5) is 0. The Hall–Kier alpha value is -3.10. The second-order valence-corrected chi connectivity index (χ2v) is 10.1. The summed E-state index contributed by atoms with van der Waals surface area (Å²) in [6, 6.07) is 11.1. The van der Waals surface area contributed by atoms with Gasteiger partial charge < -0.3 is 4.74 Å². The van der Waals surface area contributed by atoms with Crippen LogP contribution in [0.15, 0.2) is 54.6 Å². The topological polar surface area (TPSA) is 9.23 Å². The molecule has 0 saturated heterocycles. The van der Waals surface area contributed by atoms with Crippen LogP contribution in [0.3, 0.4) is 0 Å². The maximum absolute atomic E-state index is 15.2. The van der Waals surface area contributed by atoms with Gasteiger partial charge in [-0.25, -0.2) is 22.0 Å². The van der Waals surface area contributed by atoms with E-state index in [-0.39, 0.29) is 41.3 Å². The molecule has 1 aliphatic carbocycles. The monoisotopic (exact) mass is 556 g/mol. The first-order valence-electron chi connectivity index (χ1n) is 12.9. The molecule has 1 aliphatic rings. The maximum Gasteiger partial charge on any atom is 0.573 e. The Balaban J connectivity index is 1.40. The Bertz CT molecular complexity index is 1290. The zero-order valence-electron chi connectivity index (χ0n) is 21.2. The van der Waals surface area contributed by atoms with Crippen LogP contribution in [-0.2, 0) is 12.8 Å². The first-order valence-corrected chi connectivity index (χ1v) is 12.9. The zero-order chi connectivity index (χ0) is 28.4. The molecule has 0 spiro atoms. The van der Waals surface area contributed by atoms with Crippen molar-refractivity contribution in [3.63, 3.8) is 0 Å². The Morgan fingerprint density at radius 2 is 1.41 bits per heavy atom. The van der Waals surface area contributed by atoms with Gasteiger partial charge in [0, 0.05) is 17.9 Å². The lowest BCUT2D eigenvalue weighted by atomic mass is 9.75. The molecule has 39 heavy (non-hydrogen) atoms. The molecule has 0 radical (unpaired) electrons. The van der Waals surface area contributed by atoms with Crippen LogP contribution in [-0.4, -0.2) is 12.3 Å². The molecule has 1 nitrogen and oxygen atoms in total. The van der Waals surface area contributed by atoms with Crippen molar-refractivity contribution in [3.05, 3.63) is 88.7 Å². The highest BCUT2D eigenvalue weighted by atomic mass is 19.4. The van der Waals surface area contributed by atoms with Crippen LogP contribution in [0.5, 0.6) is 5.75 Å². The number of alkyl halides is 5. The number of benzene rings is 3. The second-order valence-electron chi connectivity index (χ2n) is 10.1. The average Bonchev–Trinajstić information content (AvgIpc) is 2.85. The van der Waals surface area contributed by atoms with E-state index in [0.717, 1.165) is 36.6 Å². The Morgan fingerprint density at radius 1 is 0.744 bits per heavy atom. The molecule has 1 saturated carbocycles. The van der Waals surface area contributed by atoms with Crippen LogP contribution in [0.2, 0.25) is 0 Å². The zero-order valence-corrected chi connectivity index (χ0v) is 21.2. The van der Waals surface area contributed by atoms with Gasteiger partial charge in [0.25, 0.3) is 5.92 Å². The average molecular weight is 557 g/mol. The molecule has 0 bridgehead atoms. The summed E-state index contributed by atoms with van der Waals surface area (Å²) < 4.78 is 114. The summed E-state index contributed by atoms with van der Waals surface area (Å²) in [5.41, 5.74) is 1.30. The van der Waals surface area contributed by atoms with Crippen molar-refractivity contribution in [2.75, 3.05) is 0 Å². The van der Waals surface area contributed by atoms with Gasteiger partial charge in [-0.3, -0.25) is 0 Å². The van der Waals surface area contributed by atoms with Gasteiger partial charge >= 0.3 is 6.36 Å². The minimum Gasteiger partial charge on any atom is -0.403 e. The van der Waals surface area contributed by atoms with E-state index in [1.807, 2.05) is 13.0 Å². The predicted molar refractivity (Wildman–Crippen MR) is 132 cm³/mol. The molecule has 0 unspecified atom stereocenters. The summed E-state index contributed by atoms with van der Waals surface area (Å²) in [5.74, 6) is -7.79. The number of aryl methyl sites for hydroxylation is 1. The maximum atomic E-state index is 15.2. The van der Waals surface area contributed by atoms with Gasteiger partial charge in [-0.1, -0.05) is 43.7 Å². The van der Waals surface area contributed by atoms with Crippen molar-refractivity contribution in [2.24, 2.45) is 5.92 Å². The summed E-state index contributed by atoms with van der Waals surface area (Å²) in [7, 11) is 0. The third-order valence-electron chi connectivity index (χ3n) is 7.31. The van der Waals surface area contributed by atoms with E-state index in [0.29, 0.717) is 24.5 Å². The molecular formula is C30H28F8O. The molecule has 210 valence electrons. The van der Waals surface area contributed by atoms with Crippen LogP contribution in [0.25, 0.3) is 11.1 Å². The smallest absolute Gasteiger partial charge is 0.403 e. The first-order chi connectivity index (χ1) is 18.4. The van der Waals surface area contributed by atoms with E-state index in [2.05, 4.69) is 4.74 Å². The van der Waals surface area contributed by atoms with Gasteiger partial charge in [0.1, 0.15) is 11.6 Å². The molecule has 0 atom stereocenters. The second kappa shape index (κ2) is 11.6. The van der Waals surface area contributed by atoms with E-state index in [4.69, 9.17) is 0 Å². The van der Waals surface area contributed by atoms with Gasteiger partial charge in [-0.05, 0) is 84.5 Å². The highest BCUT2D eigenvalue weighted by Crippen LogP contribution is 2.44. The minimum absolute atomic E-state index is 0.0402. The van der Waals surface area contributed by atoms with Crippen molar-refractivity contribution < 1.29 is 39.9 Å². The Morgan fingerprint density at radius 3 is 2.00 bits per heavy atom. The quantitative estimate of drug-likeness (QED) is 0.251. The molecule has 0 aromatic heterocycles. The fraction of sp³-hybridized carbons (Fsp3) is 0.400. The number of rotatable bonds is 8. The van der Waals surface area contributed by atoms with Crippen LogP contribution in [0, 0.1) is 23.4 Å². The van der Waals surface area contributed by atoms with Crippen molar-refractivity contribution in [1.29, 1.82) is 0 Å². The number of hydrogen-bond donors (Lipinski definition) is 0. The van der Waals surface area contributed by atoms with Gasteiger partial charge in [0.2, 0.25) is 0 Å². The predicted octanol–water partition coefficient (Wildman–Crippen LogP) is 9.77. The number of hydrogen-bond acceptors (Lipinski definition) is 1. The molecular weight excluding hydrogens is 528 g/mol. The van der Waals surface area contributed by atoms with Crippen LogP contribution in [0.4, 0.5) is 35.1 Å². The molecule has 0 amide bonds.